The van der Waals surface area contributed by atoms with Crippen molar-refractivity contribution < 1.29 is 19.2 Å². The molecule has 6 nitrogen and oxygen atoms in total. The van der Waals surface area contributed by atoms with Gasteiger partial charge in [0.15, 0.2) is 0 Å². The molecule has 1 heterocycles. The van der Waals surface area contributed by atoms with Crippen LogP contribution < -0.4 is 15.0 Å². The molecule has 29 heavy (non-hydrogen) atoms. The number of piperazine rings is 1. The van der Waals surface area contributed by atoms with Crippen molar-refractivity contribution in [2.75, 3.05) is 45.9 Å². The fourth-order valence-corrected chi connectivity index (χ4v) is 3.45. The number of hydrogen-bond acceptors (Lipinski definition) is 3. The zero-order valence-corrected chi connectivity index (χ0v) is 17.4. The lowest BCUT2D eigenvalue weighted by Gasteiger charge is -2.32. The summed E-state index contributed by atoms with van der Waals surface area (Å²) in [7, 11) is 0. The SMILES string of the molecule is Cc1cccc(C(=O)NCC(=O)N2CC[NH+](CCOc3ccc(Cl)cc3)CC2)c1. The van der Waals surface area contributed by atoms with Crippen LogP contribution in [0.15, 0.2) is 48.5 Å². The second kappa shape index (κ2) is 10.3. The number of rotatable bonds is 7. The van der Waals surface area contributed by atoms with Gasteiger partial charge in [0.1, 0.15) is 18.9 Å². The number of nitrogens with one attached hydrogen (secondary N) is 2. The van der Waals surface area contributed by atoms with E-state index in [0.717, 1.165) is 30.9 Å². The van der Waals surface area contributed by atoms with E-state index in [9.17, 15) is 9.59 Å². The molecule has 2 aromatic carbocycles. The molecule has 7 heteroatoms. The molecule has 3 rings (SSSR count). The molecule has 2 N–H and O–H groups in total. The highest BCUT2D eigenvalue weighted by molar-refractivity contribution is 6.30. The van der Waals surface area contributed by atoms with E-state index < -0.39 is 0 Å². The third-order valence-electron chi connectivity index (χ3n) is 5.04. The highest BCUT2D eigenvalue weighted by Gasteiger charge is 2.23. The topological polar surface area (TPSA) is 63.1 Å². The van der Waals surface area contributed by atoms with Crippen molar-refractivity contribution in [3.8, 4) is 5.75 Å². The van der Waals surface area contributed by atoms with Crippen LogP contribution in [0.3, 0.4) is 0 Å². The first-order valence-electron chi connectivity index (χ1n) is 9.86. The maximum Gasteiger partial charge on any atom is 0.251 e. The van der Waals surface area contributed by atoms with Gasteiger partial charge >= 0.3 is 0 Å². The Labute approximate surface area is 176 Å². The Kier molecular flexibility index (Phi) is 7.49. The summed E-state index contributed by atoms with van der Waals surface area (Å²) in [5.41, 5.74) is 1.59. The van der Waals surface area contributed by atoms with Crippen LogP contribution in [0.25, 0.3) is 0 Å². The average Bonchev–Trinajstić information content (AvgIpc) is 2.73. The van der Waals surface area contributed by atoms with Gasteiger partial charge in [0, 0.05) is 10.6 Å². The number of amides is 2. The largest absolute Gasteiger partial charge is 0.488 e. The van der Waals surface area contributed by atoms with Crippen LogP contribution in [-0.4, -0.2) is 62.6 Å². The fourth-order valence-electron chi connectivity index (χ4n) is 3.32. The molecule has 2 amide bonds. The van der Waals surface area contributed by atoms with Crippen molar-refractivity contribution >= 4 is 23.4 Å². The van der Waals surface area contributed by atoms with Crippen molar-refractivity contribution in [2.24, 2.45) is 0 Å². The van der Waals surface area contributed by atoms with Gasteiger partial charge in [-0.05, 0) is 43.3 Å². The van der Waals surface area contributed by atoms with Gasteiger partial charge in [0.2, 0.25) is 5.91 Å². The Hall–Kier alpha value is -2.57. The molecule has 0 radical (unpaired) electrons. The molecular weight excluding hydrogens is 390 g/mol. The van der Waals surface area contributed by atoms with Crippen molar-refractivity contribution in [1.29, 1.82) is 0 Å². The number of ether oxygens (including phenoxy) is 1. The number of hydrogen-bond donors (Lipinski definition) is 2. The summed E-state index contributed by atoms with van der Waals surface area (Å²) in [5, 5.41) is 3.42. The van der Waals surface area contributed by atoms with Crippen LogP contribution in [0, 0.1) is 6.92 Å². The van der Waals surface area contributed by atoms with Gasteiger partial charge in [0.05, 0.1) is 32.7 Å². The predicted octanol–water partition coefficient (Wildman–Crippen LogP) is 1.18. The second-order valence-corrected chi connectivity index (χ2v) is 7.67. The lowest BCUT2D eigenvalue weighted by atomic mass is 10.1. The average molecular weight is 417 g/mol. The van der Waals surface area contributed by atoms with Crippen LogP contribution in [0.2, 0.25) is 5.02 Å². The van der Waals surface area contributed by atoms with E-state index in [-0.39, 0.29) is 18.4 Å². The summed E-state index contributed by atoms with van der Waals surface area (Å²) >= 11 is 5.87. The Balaban J connectivity index is 1.34. The summed E-state index contributed by atoms with van der Waals surface area (Å²) in [6, 6.07) is 14.7. The quantitative estimate of drug-likeness (QED) is 0.712. The minimum Gasteiger partial charge on any atom is -0.488 e. The summed E-state index contributed by atoms with van der Waals surface area (Å²) in [6.45, 7) is 6.60. The van der Waals surface area contributed by atoms with E-state index in [1.807, 2.05) is 54.3 Å². The second-order valence-electron chi connectivity index (χ2n) is 7.24. The predicted molar refractivity (Wildman–Crippen MR) is 113 cm³/mol. The van der Waals surface area contributed by atoms with E-state index in [1.165, 1.54) is 4.90 Å². The molecular formula is C22H27ClN3O3+. The van der Waals surface area contributed by atoms with E-state index >= 15 is 0 Å². The molecule has 2 aromatic rings. The Bertz CT molecular complexity index is 833. The van der Waals surface area contributed by atoms with Gasteiger partial charge < -0.3 is 19.9 Å². The third-order valence-corrected chi connectivity index (χ3v) is 5.29. The summed E-state index contributed by atoms with van der Waals surface area (Å²) < 4.78 is 5.75. The molecule has 154 valence electrons. The summed E-state index contributed by atoms with van der Waals surface area (Å²) in [6.07, 6.45) is 0. The van der Waals surface area contributed by atoms with Crippen molar-refractivity contribution in [3.63, 3.8) is 0 Å². The van der Waals surface area contributed by atoms with Crippen molar-refractivity contribution in [1.82, 2.24) is 10.2 Å². The molecule has 1 aliphatic heterocycles. The Morgan fingerprint density at radius 3 is 2.55 bits per heavy atom. The van der Waals surface area contributed by atoms with E-state index in [4.69, 9.17) is 16.3 Å². The van der Waals surface area contributed by atoms with Crippen molar-refractivity contribution in [2.45, 2.75) is 6.92 Å². The highest BCUT2D eigenvalue weighted by Crippen LogP contribution is 2.15. The monoisotopic (exact) mass is 416 g/mol. The standard InChI is InChI=1S/C22H26ClN3O3/c1-17-3-2-4-18(15-17)22(28)24-16-21(27)26-11-9-25(10-12-26)13-14-29-20-7-5-19(23)6-8-20/h2-8,15H,9-14,16H2,1H3,(H,24,28)/p+1. The van der Waals surface area contributed by atoms with E-state index in [1.54, 1.807) is 6.07 Å². The number of benzene rings is 2. The number of halogens is 1. The Morgan fingerprint density at radius 2 is 1.86 bits per heavy atom. The number of aryl methyl sites for hydroxylation is 1. The number of quaternary nitrogens is 1. The molecule has 0 unspecified atom stereocenters. The molecule has 0 saturated carbocycles. The lowest BCUT2D eigenvalue weighted by molar-refractivity contribution is -0.904. The lowest BCUT2D eigenvalue weighted by Crippen LogP contribution is -3.15. The number of carbonyl (C=O) groups is 2. The zero-order chi connectivity index (χ0) is 20.6. The molecule has 0 bridgehead atoms. The minimum absolute atomic E-state index is 0.0296. The first-order valence-corrected chi connectivity index (χ1v) is 10.2. The maximum atomic E-state index is 12.4. The van der Waals surface area contributed by atoms with Gasteiger partial charge in [-0.3, -0.25) is 9.59 Å². The molecule has 0 aliphatic carbocycles. The molecule has 0 spiro atoms. The van der Waals surface area contributed by atoms with Crippen LogP contribution in [0.1, 0.15) is 15.9 Å². The van der Waals surface area contributed by atoms with Gasteiger partial charge in [-0.2, -0.15) is 0 Å². The van der Waals surface area contributed by atoms with Crippen LogP contribution in [0.4, 0.5) is 0 Å². The number of nitrogens with zero attached hydrogens (tertiary/aromatic N) is 1. The first kappa shape index (κ1) is 21.1. The highest BCUT2D eigenvalue weighted by atomic mass is 35.5. The fraction of sp³-hybridized carbons (Fsp3) is 0.364. The van der Waals surface area contributed by atoms with E-state index in [2.05, 4.69) is 5.32 Å². The molecule has 0 atom stereocenters. The summed E-state index contributed by atoms with van der Waals surface area (Å²) in [4.78, 5) is 27.8. The Morgan fingerprint density at radius 1 is 1.14 bits per heavy atom. The van der Waals surface area contributed by atoms with Gasteiger partial charge in [-0.1, -0.05) is 29.3 Å². The molecule has 1 fully saturated rings. The van der Waals surface area contributed by atoms with Gasteiger partial charge in [0.25, 0.3) is 5.91 Å². The number of carbonyl (C=O) groups excluding carboxylic acids is 2. The van der Waals surface area contributed by atoms with E-state index in [0.29, 0.717) is 30.3 Å². The third kappa shape index (κ3) is 6.48. The van der Waals surface area contributed by atoms with Crippen LogP contribution in [0.5, 0.6) is 5.75 Å². The first-order chi connectivity index (χ1) is 14.0. The van der Waals surface area contributed by atoms with Crippen LogP contribution in [-0.2, 0) is 4.79 Å². The minimum atomic E-state index is -0.217. The normalized spacial score (nSPS) is 14.5. The maximum absolute atomic E-state index is 12.4. The molecule has 0 aromatic heterocycles. The zero-order valence-electron chi connectivity index (χ0n) is 16.6. The van der Waals surface area contributed by atoms with Crippen molar-refractivity contribution in [3.05, 3.63) is 64.7 Å². The van der Waals surface area contributed by atoms with Gasteiger partial charge in [-0.25, -0.2) is 0 Å². The van der Waals surface area contributed by atoms with Gasteiger partial charge in [-0.15, -0.1) is 0 Å². The summed E-state index contributed by atoms with van der Waals surface area (Å²) in [5.74, 6) is 0.556. The molecule has 1 saturated heterocycles. The van der Waals surface area contributed by atoms with Crippen LogP contribution >= 0.6 is 11.6 Å². The smallest absolute Gasteiger partial charge is 0.251 e. The molecule has 1 aliphatic rings.